The van der Waals surface area contributed by atoms with Gasteiger partial charge in [0, 0.05) is 6.42 Å². The lowest BCUT2D eigenvalue weighted by Crippen LogP contribution is -2.32. The molecule has 3 N–H and O–H groups in total. The molecule has 1 rings (SSSR count). The molecule has 0 spiro atoms. The van der Waals surface area contributed by atoms with E-state index >= 15 is 0 Å². The summed E-state index contributed by atoms with van der Waals surface area (Å²) in [4.78, 5) is 10.5. The summed E-state index contributed by atoms with van der Waals surface area (Å²) < 4.78 is 31.8. The quantitative estimate of drug-likeness (QED) is 0.820. The Balaban J connectivity index is 2.96. The van der Waals surface area contributed by atoms with Crippen LogP contribution in [0.2, 0.25) is 0 Å². The third kappa shape index (κ3) is 3.13. The zero-order chi connectivity index (χ0) is 13.0. The molecule has 0 saturated carbocycles. The van der Waals surface area contributed by atoms with E-state index in [4.69, 9.17) is 15.6 Å². The molecule has 0 saturated heterocycles. The van der Waals surface area contributed by atoms with Crippen molar-refractivity contribution in [3.05, 3.63) is 29.3 Å². The zero-order valence-electron chi connectivity index (χ0n) is 9.24. The first kappa shape index (κ1) is 13.4. The summed E-state index contributed by atoms with van der Waals surface area (Å²) >= 11 is 0. The van der Waals surface area contributed by atoms with Gasteiger partial charge in [0.25, 0.3) is 0 Å². The van der Waals surface area contributed by atoms with Crippen LogP contribution in [0.4, 0.5) is 8.78 Å². The first-order chi connectivity index (χ1) is 7.97. The highest BCUT2D eigenvalue weighted by atomic mass is 19.2. The average Bonchev–Trinajstić information content (AvgIpc) is 2.28. The van der Waals surface area contributed by atoms with Crippen molar-refractivity contribution in [3.63, 3.8) is 0 Å². The Labute approximate surface area is 97.0 Å². The summed E-state index contributed by atoms with van der Waals surface area (Å²) in [5.74, 6) is -3.70. The number of carbonyl (C=O) groups is 1. The maximum atomic E-state index is 13.5. The van der Waals surface area contributed by atoms with E-state index in [1.54, 1.807) is 6.92 Å². The highest BCUT2D eigenvalue weighted by Crippen LogP contribution is 2.23. The number of carboxylic acids is 1. The Morgan fingerprint density at radius 3 is 2.65 bits per heavy atom. The number of hydrogen-bond donors (Lipinski definition) is 2. The van der Waals surface area contributed by atoms with Crippen molar-refractivity contribution < 1.29 is 23.4 Å². The van der Waals surface area contributed by atoms with E-state index in [9.17, 15) is 13.6 Å². The van der Waals surface area contributed by atoms with E-state index < -0.39 is 23.6 Å². The summed E-state index contributed by atoms with van der Waals surface area (Å²) in [6.07, 6.45) is -0.273. The Morgan fingerprint density at radius 2 is 2.12 bits per heavy atom. The molecular formula is C11H13F2NO3. The van der Waals surface area contributed by atoms with Crippen LogP contribution in [0, 0.1) is 11.6 Å². The lowest BCUT2D eigenvalue weighted by Gasteiger charge is -2.10. The number of halogens is 2. The number of rotatable bonds is 5. The Bertz CT molecular complexity index is 423. The Hall–Kier alpha value is -1.69. The van der Waals surface area contributed by atoms with Gasteiger partial charge in [-0.15, -0.1) is 0 Å². The minimum atomic E-state index is -1.27. The molecule has 0 amide bonds. The van der Waals surface area contributed by atoms with Gasteiger partial charge in [-0.1, -0.05) is 6.07 Å². The third-order valence-electron chi connectivity index (χ3n) is 2.18. The molecule has 0 aliphatic heterocycles. The van der Waals surface area contributed by atoms with Crippen LogP contribution in [0.1, 0.15) is 12.5 Å². The van der Waals surface area contributed by atoms with Crippen molar-refractivity contribution in [2.24, 2.45) is 5.73 Å². The fourth-order valence-corrected chi connectivity index (χ4v) is 1.32. The van der Waals surface area contributed by atoms with Crippen molar-refractivity contribution >= 4 is 5.97 Å². The summed E-state index contributed by atoms with van der Waals surface area (Å²) in [7, 11) is 0. The predicted octanol–water partition coefficient (Wildman–Crippen LogP) is 1.32. The molecule has 1 aromatic rings. The van der Waals surface area contributed by atoms with Gasteiger partial charge in [0.05, 0.1) is 6.61 Å². The standard InChI is InChI=1S/C11H13F2NO3/c1-2-17-8-4-3-6(9(12)10(8)13)5-7(14)11(15)16/h3-4,7H,2,5,14H2,1H3,(H,15,16). The van der Waals surface area contributed by atoms with Crippen LogP contribution >= 0.6 is 0 Å². The summed E-state index contributed by atoms with van der Waals surface area (Å²) in [6, 6.07) is 1.26. The van der Waals surface area contributed by atoms with Crippen molar-refractivity contribution in [2.75, 3.05) is 6.61 Å². The maximum absolute atomic E-state index is 13.5. The highest BCUT2D eigenvalue weighted by molar-refractivity contribution is 5.73. The fourth-order valence-electron chi connectivity index (χ4n) is 1.32. The molecule has 4 nitrogen and oxygen atoms in total. The molecule has 94 valence electrons. The van der Waals surface area contributed by atoms with Crippen molar-refractivity contribution in [1.29, 1.82) is 0 Å². The molecule has 0 aliphatic rings. The van der Waals surface area contributed by atoms with Crippen LogP contribution in [0.5, 0.6) is 5.75 Å². The second kappa shape index (κ2) is 5.58. The molecule has 1 atom stereocenters. The van der Waals surface area contributed by atoms with Crippen LogP contribution in [0.15, 0.2) is 12.1 Å². The number of hydrogen-bond acceptors (Lipinski definition) is 3. The second-order valence-corrected chi connectivity index (χ2v) is 3.43. The van der Waals surface area contributed by atoms with Crippen LogP contribution < -0.4 is 10.5 Å². The first-order valence-corrected chi connectivity index (χ1v) is 5.05. The number of ether oxygens (including phenoxy) is 1. The molecule has 6 heteroatoms. The van der Waals surface area contributed by atoms with E-state index in [0.717, 1.165) is 0 Å². The van der Waals surface area contributed by atoms with Gasteiger partial charge in [0.2, 0.25) is 5.82 Å². The van der Waals surface area contributed by atoms with Crippen LogP contribution in [0.25, 0.3) is 0 Å². The summed E-state index contributed by atoms with van der Waals surface area (Å²) in [5.41, 5.74) is 5.16. The second-order valence-electron chi connectivity index (χ2n) is 3.43. The maximum Gasteiger partial charge on any atom is 0.320 e. The normalized spacial score (nSPS) is 12.2. The molecule has 0 aliphatic carbocycles. The molecule has 17 heavy (non-hydrogen) atoms. The van der Waals surface area contributed by atoms with Gasteiger partial charge >= 0.3 is 5.97 Å². The molecule has 0 aromatic heterocycles. The summed E-state index contributed by atoms with van der Waals surface area (Å²) in [5, 5.41) is 8.58. The van der Waals surface area contributed by atoms with Crippen molar-refractivity contribution in [2.45, 2.75) is 19.4 Å². The monoisotopic (exact) mass is 245 g/mol. The molecule has 0 fully saturated rings. The fraction of sp³-hybridized carbons (Fsp3) is 0.364. The minimum absolute atomic E-state index is 0.0825. The van der Waals surface area contributed by atoms with Gasteiger partial charge in [-0.3, -0.25) is 4.79 Å². The van der Waals surface area contributed by atoms with Gasteiger partial charge in [-0.05, 0) is 18.6 Å². The molecule has 0 bridgehead atoms. The number of aliphatic carboxylic acids is 1. The van der Waals surface area contributed by atoms with E-state index in [0.29, 0.717) is 0 Å². The summed E-state index contributed by atoms with van der Waals surface area (Å²) in [6.45, 7) is 1.86. The largest absolute Gasteiger partial charge is 0.491 e. The Morgan fingerprint density at radius 1 is 1.47 bits per heavy atom. The molecule has 0 heterocycles. The molecule has 1 unspecified atom stereocenters. The van der Waals surface area contributed by atoms with E-state index in [1.807, 2.05) is 0 Å². The molecular weight excluding hydrogens is 232 g/mol. The van der Waals surface area contributed by atoms with E-state index in [-0.39, 0.29) is 24.3 Å². The number of nitrogens with two attached hydrogens (primary N) is 1. The van der Waals surface area contributed by atoms with E-state index in [2.05, 4.69) is 0 Å². The van der Waals surface area contributed by atoms with Gasteiger partial charge in [-0.25, -0.2) is 4.39 Å². The lowest BCUT2D eigenvalue weighted by atomic mass is 10.1. The first-order valence-electron chi connectivity index (χ1n) is 5.05. The molecule has 0 radical (unpaired) electrons. The van der Waals surface area contributed by atoms with Crippen molar-refractivity contribution in [1.82, 2.24) is 0 Å². The van der Waals surface area contributed by atoms with Crippen LogP contribution in [0.3, 0.4) is 0 Å². The number of carboxylic acid groups (broad SMARTS) is 1. The lowest BCUT2D eigenvalue weighted by molar-refractivity contribution is -0.138. The van der Waals surface area contributed by atoms with Gasteiger partial charge in [0.15, 0.2) is 11.6 Å². The minimum Gasteiger partial charge on any atom is -0.491 e. The van der Waals surface area contributed by atoms with E-state index in [1.165, 1.54) is 12.1 Å². The Kier molecular flexibility index (Phi) is 4.39. The van der Waals surface area contributed by atoms with Gasteiger partial charge < -0.3 is 15.6 Å². The van der Waals surface area contributed by atoms with Crippen LogP contribution in [-0.4, -0.2) is 23.7 Å². The van der Waals surface area contributed by atoms with Crippen molar-refractivity contribution in [3.8, 4) is 5.75 Å². The van der Waals surface area contributed by atoms with Gasteiger partial charge in [-0.2, -0.15) is 4.39 Å². The number of benzene rings is 1. The SMILES string of the molecule is CCOc1ccc(CC(N)C(=O)O)c(F)c1F. The average molecular weight is 245 g/mol. The third-order valence-corrected chi connectivity index (χ3v) is 2.18. The van der Waals surface area contributed by atoms with Gasteiger partial charge in [0.1, 0.15) is 6.04 Å². The highest BCUT2D eigenvalue weighted by Gasteiger charge is 2.19. The molecule has 1 aromatic carbocycles. The van der Waals surface area contributed by atoms with Crippen LogP contribution in [-0.2, 0) is 11.2 Å². The zero-order valence-corrected chi connectivity index (χ0v) is 9.24. The topological polar surface area (TPSA) is 72.5 Å². The predicted molar refractivity (Wildman–Crippen MR) is 56.8 cm³/mol. The smallest absolute Gasteiger partial charge is 0.320 e.